The van der Waals surface area contributed by atoms with Crippen molar-refractivity contribution in [2.45, 2.75) is 18.9 Å². The Morgan fingerprint density at radius 2 is 2.14 bits per heavy atom. The largest absolute Gasteiger partial charge is 0.497 e. The Balaban J connectivity index is 1.60. The fourth-order valence-corrected chi connectivity index (χ4v) is 3.53. The molecule has 0 bridgehead atoms. The first-order valence-corrected chi connectivity index (χ1v) is 8.08. The highest BCUT2D eigenvalue weighted by atomic mass is 16.5. The molecule has 0 radical (unpaired) electrons. The van der Waals surface area contributed by atoms with Gasteiger partial charge in [-0.25, -0.2) is 0 Å². The Bertz CT molecular complexity index is 471. The maximum absolute atomic E-state index is 5.39. The topological polar surface area (TPSA) is 27.7 Å². The number of hydrogen-bond acceptors (Lipinski definition) is 4. The molecule has 0 aromatic heterocycles. The molecule has 3 rings (SSSR count). The van der Waals surface area contributed by atoms with Crippen LogP contribution < -0.4 is 10.1 Å². The first-order valence-electron chi connectivity index (χ1n) is 8.08. The minimum Gasteiger partial charge on any atom is -0.497 e. The van der Waals surface area contributed by atoms with Gasteiger partial charge in [-0.05, 0) is 43.1 Å². The first kappa shape index (κ1) is 14.8. The zero-order chi connectivity index (χ0) is 14.7. The van der Waals surface area contributed by atoms with Crippen LogP contribution in [0.5, 0.6) is 5.75 Å². The van der Waals surface area contributed by atoms with E-state index in [-0.39, 0.29) is 0 Å². The number of methoxy groups -OCH3 is 1. The lowest BCUT2D eigenvalue weighted by molar-refractivity contribution is 0.176. The molecule has 1 fully saturated rings. The van der Waals surface area contributed by atoms with Crippen LogP contribution in [-0.2, 0) is 6.42 Å². The van der Waals surface area contributed by atoms with Crippen LogP contribution in [0.1, 0.15) is 23.6 Å². The summed E-state index contributed by atoms with van der Waals surface area (Å²) in [4.78, 5) is 5.09. The number of nitrogens with one attached hydrogen (secondary N) is 1. The van der Waals surface area contributed by atoms with Crippen molar-refractivity contribution in [1.82, 2.24) is 15.1 Å². The molecule has 4 heteroatoms. The molecule has 1 aliphatic heterocycles. The summed E-state index contributed by atoms with van der Waals surface area (Å²) in [6, 6.07) is 7.10. The van der Waals surface area contributed by atoms with Gasteiger partial charge in [0.25, 0.3) is 0 Å². The van der Waals surface area contributed by atoms with Crippen LogP contribution in [0.2, 0.25) is 0 Å². The maximum atomic E-state index is 5.39. The van der Waals surface area contributed by atoms with Crippen molar-refractivity contribution < 1.29 is 4.74 Å². The van der Waals surface area contributed by atoms with Gasteiger partial charge in [0, 0.05) is 45.3 Å². The van der Waals surface area contributed by atoms with Gasteiger partial charge < -0.3 is 10.1 Å². The summed E-state index contributed by atoms with van der Waals surface area (Å²) < 4.78 is 5.39. The Labute approximate surface area is 128 Å². The summed E-state index contributed by atoms with van der Waals surface area (Å²) in [5.41, 5.74) is 2.96. The molecule has 1 aromatic rings. The Kier molecular flexibility index (Phi) is 4.78. The zero-order valence-corrected chi connectivity index (χ0v) is 13.3. The number of fused-ring (bicyclic) bond motifs is 1. The predicted molar refractivity (Wildman–Crippen MR) is 86.0 cm³/mol. The van der Waals surface area contributed by atoms with Gasteiger partial charge in [-0.1, -0.05) is 6.07 Å². The third kappa shape index (κ3) is 3.39. The van der Waals surface area contributed by atoms with Crippen molar-refractivity contribution in [3.05, 3.63) is 29.3 Å². The number of nitrogens with zero attached hydrogens (tertiary/aromatic N) is 2. The predicted octanol–water partition coefficient (Wildman–Crippen LogP) is 1.52. The van der Waals surface area contributed by atoms with Gasteiger partial charge in [-0.2, -0.15) is 0 Å². The second-order valence-electron chi connectivity index (χ2n) is 6.19. The minimum absolute atomic E-state index is 0.554. The Hall–Kier alpha value is -1.10. The molecule has 1 saturated heterocycles. The van der Waals surface area contributed by atoms with Crippen LogP contribution in [0.25, 0.3) is 0 Å². The third-order valence-electron chi connectivity index (χ3n) is 4.91. The molecule has 0 amide bonds. The molecule has 21 heavy (non-hydrogen) atoms. The van der Waals surface area contributed by atoms with Crippen molar-refractivity contribution in [2.24, 2.45) is 0 Å². The second-order valence-corrected chi connectivity index (χ2v) is 6.19. The number of likely N-dealkylation sites (N-methyl/N-ethyl adjacent to an activating group) is 1. The highest BCUT2D eigenvalue weighted by Gasteiger charge is 2.26. The molecule has 1 atom stereocenters. The average Bonchev–Trinajstić information content (AvgIpc) is 2.96. The summed E-state index contributed by atoms with van der Waals surface area (Å²) in [5.74, 6) is 0.983. The number of hydrogen-bond donors (Lipinski definition) is 1. The normalized spacial score (nSPS) is 22.5. The number of ether oxygens (including phenoxy) is 1. The first-order chi connectivity index (χ1) is 10.3. The summed E-state index contributed by atoms with van der Waals surface area (Å²) in [7, 11) is 4.02. The molecule has 1 heterocycles. The third-order valence-corrected chi connectivity index (χ3v) is 4.91. The van der Waals surface area contributed by atoms with Gasteiger partial charge >= 0.3 is 0 Å². The van der Waals surface area contributed by atoms with Crippen LogP contribution in [0, 0.1) is 0 Å². The molecule has 1 aromatic carbocycles. The quantitative estimate of drug-likeness (QED) is 0.889. The average molecular weight is 289 g/mol. The molecule has 4 nitrogen and oxygen atoms in total. The fraction of sp³-hybridized carbons (Fsp3) is 0.647. The van der Waals surface area contributed by atoms with E-state index >= 15 is 0 Å². The van der Waals surface area contributed by atoms with Crippen LogP contribution >= 0.6 is 0 Å². The fourth-order valence-electron chi connectivity index (χ4n) is 3.53. The number of benzene rings is 1. The van der Waals surface area contributed by atoms with Gasteiger partial charge in [0.05, 0.1) is 7.11 Å². The molecule has 0 spiro atoms. The molecule has 1 unspecified atom stereocenters. The summed E-state index contributed by atoms with van der Waals surface area (Å²) in [6.45, 7) is 6.95. The lowest BCUT2D eigenvalue weighted by Gasteiger charge is -2.31. The van der Waals surface area contributed by atoms with Crippen molar-refractivity contribution in [3.63, 3.8) is 0 Å². The zero-order valence-electron chi connectivity index (χ0n) is 13.3. The number of rotatable bonds is 5. The molecule has 116 valence electrons. The molecule has 0 saturated carbocycles. The van der Waals surface area contributed by atoms with Crippen LogP contribution in [0.4, 0.5) is 0 Å². The number of aryl methyl sites for hydroxylation is 1. The van der Waals surface area contributed by atoms with E-state index in [2.05, 4.69) is 40.4 Å². The van der Waals surface area contributed by atoms with Gasteiger partial charge in [0.1, 0.15) is 5.75 Å². The molecule has 2 aliphatic rings. The van der Waals surface area contributed by atoms with E-state index in [1.165, 1.54) is 43.6 Å². The van der Waals surface area contributed by atoms with Crippen LogP contribution in [0.3, 0.4) is 0 Å². The lowest BCUT2D eigenvalue weighted by Crippen LogP contribution is -2.46. The van der Waals surface area contributed by atoms with E-state index in [1.807, 2.05) is 0 Å². The van der Waals surface area contributed by atoms with Crippen LogP contribution in [-0.4, -0.2) is 63.2 Å². The summed E-state index contributed by atoms with van der Waals surface area (Å²) >= 11 is 0. The van der Waals surface area contributed by atoms with Gasteiger partial charge in [-0.15, -0.1) is 0 Å². The van der Waals surface area contributed by atoms with E-state index in [0.717, 1.165) is 25.4 Å². The smallest absolute Gasteiger partial charge is 0.119 e. The molecule has 1 N–H and O–H groups in total. The van der Waals surface area contributed by atoms with Gasteiger partial charge in [0.15, 0.2) is 0 Å². The van der Waals surface area contributed by atoms with Crippen LogP contribution in [0.15, 0.2) is 18.2 Å². The van der Waals surface area contributed by atoms with E-state index in [9.17, 15) is 0 Å². The molecular formula is C17H27N3O. The lowest BCUT2D eigenvalue weighted by atomic mass is 10.1. The van der Waals surface area contributed by atoms with Crippen molar-refractivity contribution in [1.29, 1.82) is 0 Å². The summed E-state index contributed by atoms with van der Waals surface area (Å²) in [5, 5.41) is 3.41. The van der Waals surface area contributed by atoms with Gasteiger partial charge in [-0.3, -0.25) is 9.80 Å². The van der Waals surface area contributed by atoms with Crippen molar-refractivity contribution in [2.75, 3.05) is 53.4 Å². The second kappa shape index (κ2) is 6.77. The van der Waals surface area contributed by atoms with Gasteiger partial charge in [0.2, 0.25) is 0 Å². The van der Waals surface area contributed by atoms with Crippen molar-refractivity contribution >= 4 is 0 Å². The Morgan fingerprint density at radius 1 is 1.33 bits per heavy atom. The van der Waals surface area contributed by atoms with E-state index < -0.39 is 0 Å². The Morgan fingerprint density at radius 3 is 2.90 bits per heavy atom. The summed E-state index contributed by atoms with van der Waals surface area (Å²) in [6.07, 6.45) is 2.43. The van der Waals surface area contributed by atoms with E-state index in [0.29, 0.717) is 6.04 Å². The van der Waals surface area contributed by atoms with E-state index in [4.69, 9.17) is 4.74 Å². The maximum Gasteiger partial charge on any atom is 0.119 e. The number of piperazine rings is 1. The minimum atomic E-state index is 0.554. The standard InChI is InChI=1S/C17H27N3O/c1-19(11-12-20-9-7-18-8-10-20)17-6-4-14-3-5-15(21-2)13-16(14)17/h3,5,13,17-18H,4,6-12H2,1-2H3. The molecule has 1 aliphatic carbocycles. The highest BCUT2D eigenvalue weighted by molar-refractivity contribution is 5.40. The molecular weight excluding hydrogens is 262 g/mol. The van der Waals surface area contributed by atoms with E-state index in [1.54, 1.807) is 7.11 Å². The van der Waals surface area contributed by atoms with Crippen molar-refractivity contribution in [3.8, 4) is 5.75 Å². The SMILES string of the molecule is COc1ccc2c(c1)C(N(C)CCN1CCNCC1)CC2. The highest BCUT2D eigenvalue weighted by Crippen LogP contribution is 2.36. The monoisotopic (exact) mass is 289 g/mol.